The smallest absolute Gasteiger partial charge is 0.257 e. The van der Waals surface area contributed by atoms with Crippen LogP contribution in [0.3, 0.4) is 0 Å². The normalized spacial score (nSPS) is 10.9. The van der Waals surface area contributed by atoms with Gasteiger partial charge in [-0.3, -0.25) is 25.0 Å². The monoisotopic (exact) mass is 881 g/mol. The Balaban J connectivity index is 0.000000235. The van der Waals surface area contributed by atoms with Gasteiger partial charge in [-0.15, -0.1) is 0 Å². The average molecular weight is 882 g/mol. The molecule has 4 N–H and O–H groups in total. The topological polar surface area (TPSA) is 182 Å². The van der Waals surface area contributed by atoms with E-state index < -0.39 is 5.91 Å². The molecule has 326 valence electrons. The van der Waals surface area contributed by atoms with Crippen molar-refractivity contribution in [2.75, 3.05) is 10.6 Å². The molecular formula is C46H51N5O9S2. The molecule has 16 heteroatoms. The van der Waals surface area contributed by atoms with Gasteiger partial charge in [-0.2, -0.15) is 0 Å². The lowest BCUT2D eigenvalue weighted by Crippen LogP contribution is -2.14. The Morgan fingerprint density at radius 1 is 0.516 bits per heavy atom. The van der Waals surface area contributed by atoms with Crippen LogP contribution < -0.4 is 44.8 Å². The molecule has 3 amide bonds. The minimum Gasteiger partial charge on any atom is -0.491 e. The summed E-state index contributed by atoms with van der Waals surface area (Å²) < 4.78 is 34.6. The van der Waals surface area contributed by atoms with Gasteiger partial charge in [0, 0.05) is 28.8 Å². The van der Waals surface area contributed by atoms with Crippen molar-refractivity contribution < 1.29 is 42.8 Å². The fourth-order valence-electron chi connectivity index (χ4n) is 5.46. The van der Waals surface area contributed by atoms with E-state index in [4.69, 9.17) is 34.2 Å². The third-order valence-electron chi connectivity index (χ3n) is 7.73. The van der Waals surface area contributed by atoms with Gasteiger partial charge in [-0.05, 0) is 122 Å². The summed E-state index contributed by atoms with van der Waals surface area (Å²) >= 11 is 2.41. The van der Waals surface area contributed by atoms with E-state index in [0.29, 0.717) is 65.8 Å². The van der Waals surface area contributed by atoms with Crippen molar-refractivity contribution >= 4 is 50.7 Å². The number of carbonyl (C=O) groups excluding carboxylic acids is 3. The first kappa shape index (κ1) is 46.4. The lowest BCUT2D eigenvalue weighted by Gasteiger charge is -2.15. The minimum atomic E-state index is -0.544. The SMILES string of the molecule is CC(C)Oc1cc(OC(C)C)cc(C(=O)Nc2ncc(Oc3cccc(C(N)=O)c3)s2)c1.Cc1cccc(Oc2cnc(NC(=O)c3cc(OC(C)C)cc(OC(C)C)c3)s2)c1. The van der Waals surface area contributed by atoms with Gasteiger partial charge >= 0.3 is 0 Å². The van der Waals surface area contributed by atoms with Gasteiger partial charge in [0.15, 0.2) is 10.3 Å². The molecular weight excluding hydrogens is 831 g/mol. The van der Waals surface area contributed by atoms with Gasteiger partial charge in [0.1, 0.15) is 34.5 Å². The van der Waals surface area contributed by atoms with E-state index in [0.717, 1.165) is 22.6 Å². The second-order valence-electron chi connectivity index (χ2n) is 14.8. The summed E-state index contributed by atoms with van der Waals surface area (Å²) in [5, 5.41) is 7.42. The summed E-state index contributed by atoms with van der Waals surface area (Å²) in [7, 11) is 0. The molecule has 0 aliphatic carbocycles. The predicted molar refractivity (Wildman–Crippen MR) is 242 cm³/mol. The van der Waals surface area contributed by atoms with Crippen LogP contribution in [-0.4, -0.2) is 52.1 Å². The molecule has 62 heavy (non-hydrogen) atoms. The van der Waals surface area contributed by atoms with Gasteiger partial charge in [0.25, 0.3) is 11.8 Å². The first-order valence-corrected chi connectivity index (χ1v) is 21.4. The Labute approximate surface area is 369 Å². The number of hydrogen-bond donors (Lipinski definition) is 3. The molecule has 0 saturated heterocycles. The number of anilines is 2. The molecule has 14 nitrogen and oxygen atoms in total. The van der Waals surface area contributed by atoms with Crippen LogP contribution in [0.15, 0.2) is 97.3 Å². The van der Waals surface area contributed by atoms with Gasteiger partial charge < -0.3 is 34.2 Å². The summed E-state index contributed by atoms with van der Waals surface area (Å²) in [4.78, 5) is 45.4. The highest BCUT2D eigenvalue weighted by molar-refractivity contribution is 7.17. The quantitative estimate of drug-likeness (QED) is 0.0792. The van der Waals surface area contributed by atoms with Crippen LogP contribution in [-0.2, 0) is 0 Å². The maximum atomic E-state index is 12.8. The molecule has 6 aromatic rings. The van der Waals surface area contributed by atoms with Crippen LogP contribution in [0.5, 0.6) is 44.6 Å². The van der Waals surface area contributed by atoms with Gasteiger partial charge in [0.2, 0.25) is 16.0 Å². The predicted octanol–water partition coefficient (Wildman–Crippen LogP) is 10.9. The lowest BCUT2D eigenvalue weighted by molar-refractivity contribution is 0.0996. The molecule has 0 radical (unpaired) electrons. The summed E-state index contributed by atoms with van der Waals surface area (Å²) in [5.74, 6) is 2.21. The number of thiazole rings is 2. The zero-order chi connectivity index (χ0) is 44.9. The van der Waals surface area contributed by atoms with Crippen molar-refractivity contribution in [2.45, 2.75) is 86.7 Å². The van der Waals surface area contributed by atoms with Crippen molar-refractivity contribution in [3.8, 4) is 44.6 Å². The molecule has 2 aromatic heterocycles. The average Bonchev–Trinajstić information content (AvgIpc) is 3.82. The van der Waals surface area contributed by atoms with E-state index in [1.807, 2.05) is 86.6 Å². The van der Waals surface area contributed by atoms with Crippen LogP contribution in [0.2, 0.25) is 0 Å². The fraction of sp³-hybridized carbons (Fsp3) is 0.283. The number of primary amides is 1. The Bertz CT molecular complexity index is 2410. The van der Waals surface area contributed by atoms with Crippen molar-refractivity contribution in [3.05, 3.63) is 120 Å². The van der Waals surface area contributed by atoms with Crippen molar-refractivity contribution in [1.82, 2.24) is 9.97 Å². The Morgan fingerprint density at radius 3 is 1.26 bits per heavy atom. The highest BCUT2D eigenvalue weighted by atomic mass is 32.1. The van der Waals surface area contributed by atoms with Crippen LogP contribution in [0.1, 0.15) is 92.0 Å². The molecule has 0 fully saturated rings. The van der Waals surface area contributed by atoms with Crippen molar-refractivity contribution in [1.29, 1.82) is 0 Å². The summed E-state index contributed by atoms with van der Waals surface area (Å²) in [5.41, 5.74) is 7.55. The number of hydrogen-bond acceptors (Lipinski definition) is 13. The van der Waals surface area contributed by atoms with E-state index in [2.05, 4.69) is 20.6 Å². The maximum absolute atomic E-state index is 12.8. The molecule has 2 heterocycles. The summed E-state index contributed by atoms with van der Waals surface area (Å²) in [6.45, 7) is 17.4. The summed E-state index contributed by atoms with van der Waals surface area (Å²) in [6, 6.07) is 24.5. The van der Waals surface area contributed by atoms with E-state index in [1.165, 1.54) is 23.6 Å². The molecule has 4 aromatic carbocycles. The molecule has 0 bridgehead atoms. The van der Waals surface area contributed by atoms with Gasteiger partial charge in [0.05, 0.1) is 36.8 Å². The molecule has 0 aliphatic heterocycles. The zero-order valence-corrected chi connectivity index (χ0v) is 37.6. The molecule has 0 saturated carbocycles. The van der Waals surface area contributed by atoms with Crippen LogP contribution in [0, 0.1) is 6.92 Å². The third kappa shape index (κ3) is 14.8. The van der Waals surface area contributed by atoms with Crippen molar-refractivity contribution in [2.24, 2.45) is 5.73 Å². The number of carbonyl (C=O) groups is 3. The largest absolute Gasteiger partial charge is 0.491 e. The van der Waals surface area contributed by atoms with Crippen LogP contribution >= 0.6 is 22.7 Å². The number of nitrogens with one attached hydrogen (secondary N) is 2. The number of benzene rings is 4. The number of ether oxygens (including phenoxy) is 6. The minimum absolute atomic E-state index is 0.0181. The second-order valence-corrected chi connectivity index (χ2v) is 16.8. The Morgan fingerprint density at radius 2 is 0.887 bits per heavy atom. The highest BCUT2D eigenvalue weighted by Crippen LogP contribution is 2.33. The highest BCUT2D eigenvalue weighted by Gasteiger charge is 2.17. The molecule has 6 rings (SSSR count). The van der Waals surface area contributed by atoms with Gasteiger partial charge in [-0.1, -0.05) is 40.9 Å². The number of nitrogens with two attached hydrogens (primary N) is 1. The van der Waals surface area contributed by atoms with Crippen LogP contribution in [0.4, 0.5) is 10.3 Å². The molecule has 0 atom stereocenters. The molecule has 0 spiro atoms. The Kier molecular flexibility index (Phi) is 16.3. The van der Waals surface area contributed by atoms with E-state index in [-0.39, 0.29) is 36.2 Å². The van der Waals surface area contributed by atoms with Crippen molar-refractivity contribution in [3.63, 3.8) is 0 Å². The number of nitrogens with zero attached hydrogens (tertiary/aromatic N) is 2. The first-order valence-electron chi connectivity index (χ1n) is 19.8. The van der Waals surface area contributed by atoms with E-state index in [9.17, 15) is 14.4 Å². The first-order chi connectivity index (χ1) is 29.5. The lowest BCUT2D eigenvalue weighted by atomic mass is 10.2. The standard InChI is InChI=1S/C23H25N3O5S.C23H26N2O4S/c1-13(2)29-18-9-16(10-19(11-18)30-14(3)4)22(28)26-23-25-12-20(32-23)31-17-7-5-6-15(8-17)21(24)27;1-14(2)27-19-10-17(11-20(12-19)28-15(3)4)22(26)25-23-24-13-21(30-23)29-18-8-6-7-16(5)9-18/h5-14H,1-4H3,(H2,24,27)(H,25,26,28);6-15H,1-5H3,(H,24,25,26). The molecule has 0 aliphatic rings. The number of rotatable bonds is 17. The third-order valence-corrected chi connectivity index (χ3v) is 9.31. The fourth-order valence-corrected chi connectivity index (χ4v) is 6.82. The van der Waals surface area contributed by atoms with Crippen LogP contribution in [0.25, 0.3) is 0 Å². The maximum Gasteiger partial charge on any atom is 0.257 e. The second kappa shape index (κ2) is 21.7. The molecule has 0 unspecified atom stereocenters. The number of aryl methyl sites for hydroxylation is 1. The number of amides is 3. The zero-order valence-electron chi connectivity index (χ0n) is 36.0. The Hall–Kier alpha value is -6.65. The van der Waals surface area contributed by atoms with Gasteiger partial charge in [-0.25, -0.2) is 9.97 Å². The number of aromatic nitrogens is 2. The summed E-state index contributed by atoms with van der Waals surface area (Å²) in [6.07, 6.45) is 2.95. The van der Waals surface area contributed by atoms with E-state index in [1.54, 1.807) is 60.8 Å². The van der Waals surface area contributed by atoms with E-state index >= 15 is 0 Å².